The number of hydrogen-bond donors (Lipinski definition) is 1. The molecule has 0 aliphatic rings. The molecule has 0 radical (unpaired) electrons. The van der Waals surface area contributed by atoms with Crippen molar-refractivity contribution in [2.24, 2.45) is 4.99 Å². The van der Waals surface area contributed by atoms with Gasteiger partial charge in [-0.3, -0.25) is 5.41 Å². The third-order valence-corrected chi connectivity index (χ3v) is 3.24. The summed E-state index contributed by atoms with van der Waals surface area (Å²) in [6.45, 7) is 3.39. The molecule has 1 N–H and O–H groups in total. The Morgan fingerprint density at radius 1 is 0.818 bits per heavy atom. The van der Waals surface area contributed by atoms with Gasteiger partial charge in [-0.25, -0.2) is 15.0 Å². The van der Waals surface area contributed by atoms with E-state index in [4.69, 9.17) is 5.41 Å². The smallest absolute Gasteiger partial charge is 0.198 e. The zero-order valence-corrected chi connectivity index (χ0v) is 11.9. The monoisotopic (exact) mass is 286 g/mol. The molecule has 0 amide bonds. The van der Waals surface area contributed by atoms with Gasteiger partial charge >= 0.3 is 0 Å². The molecule has 1 heterocycles. The van der Waals surface area contributed by atoms with Crippen molar-refractivity contribution in [3.05, 3.63) is 72.6 Å². The first-order valence-corrected chi connectivity index (χ1v) is 6.83. The molecule has 0 atom stereocenters. The summed E-state index contributed by atoms with van der Waals surface area (Å²) in [7, 11) is 0. The number of amidine groups is 1. The third kappa shape index (κ3) is 2.81. The van der Waals surface area contributed by atoms with Crippen LogP contribution in [0.2, 0.25) is 0 Å². The molecular formula is C18H14N4. The molecule has 4 nitrogen and oxygen atoms in total. The lowest BCUT2D eigenvalue weighted by Crippen LogP contribution is -2.05. The lowest BCUT2D eigenvalue weighted by Gasteiger charge is -2.08. The fourth-order valence-corrected chi connectivity index (χ4v) is 2.14. The van der Waals surface area contributed by atoms with Crippen LogP contribution in [0.3, 0.4) is 0 Å². The van der Waals surface area contributed by atoms with E-state index >= 15 is 0 Å². The zero-order chi connectivity index (χ0) is 15.4. The Hall–Kier alpha value is -3.14. The minimum atomic E-state index is -0.0324. The van der Waals surface area contributed by atoms with E-state index in [1.165, 1.54) is 0 Å². The van der Waals surface area contributed by atoms with Gasteiger partial charge in [0.25, 0.3) is 0 Å². The molecule has 106 valence electrons. The summed E-state index contributed by atoms with van der Waals surface area (Å²) in [6, 6.07) is 21.6. The highest BCUT2D eigenvalue weighted by molar-refractivity contribution is 5.96. The Bertz CT molecular complexity index is 753. The topological polar surface area (TPSA) is 62.0 Å². The number of hydrogen-bond acceptors (Lipinski definition) is 3. The van der Waals surface area contributed by atoms with E-state index in [1.54, 1.807) is 0 Å². The summed E-state index contributed by atoms with van der Waals surface area (Å²) >= 11 is 0. The predicted octanol–water partition coefficient (Wildman–Crippen LogP) is 3.84. The summed E-state index contributed by atoms with van der Waals surface area (Å²) in [4.78, 5) is 12.5. The van der Waals surface area contributed by atoms with Gasteiger partial charge in [-0.15, -0.1) is 0 Å². The first-order chi connectivity index (χ1) is 10.8. The van der Waals surface area contributed by atoms with Crippen LogP contribution in [-0.2, 0) is 0 Å². The standard InChI is InChI=1S/C18H14N4/c1-20-17(19)18-21-15(13-8-4-2-5-9-13)12-16(22-18)14-10-6-3-7-11-14/h2-12,19H,1H2. The summed E-state index contributed by atoms with van der Waals surface area (Å²) in [6.07, 6.45) is 0. The molecule has 0 saturated heterocycles. The number of rotatable bonds is 3. The van der Waals surface area contributed by atoms with Crippen molar-refractivity contribution in [3.63, 3.8) is 0 Å². The van der Waals surface area contributed by atoms with E-state index in [2.05, 4.69) is 21.7 Å². The zero-order valence-electron chi connectivity index (χ0n) is 11.9. The summed E-state index contributed by atoms with van der Waals surface area (Å²) in [5, 5.41) is 7.84. The Kier molecular flexibility index (Phi) is 3.83. The molecule has 0 aliphatic heterocycles. The van der Waals surface area contributed by atoms with Crippen LogP contribution < -0.4 is 0 Å². The minimum absolute atomic E-state index is 0.0324. The molecule has 0 aliphatic carbocycles. The maximum absolute atomic E-state index is 7.84. The maximum atomic E-state index is 7.84. The van der Waals surface area contributed by atoms with E-state index in [0.29, 0.717) is 0 Å². The van der Waals surface area contributed by atoms with Crippen LogP contribution in [0.25, 0.3) is 22.5 Å². The van der Waals surface area contributed by atoms with E-state index in [1.807, 2.05) is 66.7 Å². The van der Waals surface area contributed by atoms with Gasteiger partial charge < -0.3 is 0 Å². The second-order valence-corrected chi connectivity index (χ2v) is 4.70. The average Bonchev–Trinajstić information content (AvgIpc) is 2.62. The van der Waals surface area contributed by atoms with Crippen LogP contribution in [0.4, 0.5) is 0 Å². The fraction of sp³-hybridized carbons (Fsp3) is 0. The molecule has 0 fully saturated rings. The summed E-state index contributed by atoms with van der Waals surface area (Å²) in [5.74, 6) is 0.241. The van der Waals surface area contributed by atoms with Crippen LogP contribution in [0.5, 0.6) is 0 Å². The van der Waals surface area contributed by atoms with Crippen LogP contribution in [0.15, 0.2) is 71.7 Å². The van der Waals surface area contributed by atoms with Gasteiger partial charge in [0.15, 0.2) is 11.7 Å². The van der Waals surface area contributed by atoms with Crippen molar-refractivity contribution in [2.45, 2.75) is 0 Å². The Labute approximate surface area is 128 Å². The van der Waals surface area contributed by atoms with Gasteiger partial charge in [-0.2, -0.15) is 0 Å². The van der Waals surface area contributed by atoms with E-state index in [0.717, 1.165) is 22.5 Å². The molecule has 3 rings (SSSR count). The summed E-state index contributed by atoms with van der Waals surface area (Å²) in [5.41, 5.74) is 3.47. The fourth-order valence-electron chi connectivity index (χ4n) is 2.14. The van der Waals surface area contributed by atoms with Crippen LogP contribution in [-0.4, -0.2) is 22.5 Å². The van der Waals surface area contributed by atoms with E-state index in [-0.39, 0.29) is 11.7 Å². The Morgan fingerprint density at radius 3 is 1.68 bits per heavy atom. The second-order valence-electron chi connectivity index (χ2n) is 4.70. The normalized spacial score (nSPS) is 10.2. The van der Waals surface area contributed by atoms with E-state index in [9.17, 15) is 0 Å². The molecule has 0 unspecified atom stereocenters. The van der Waals surface area contributed by atoms with Gasteiger partial charge in [0.1, 0.15) is 0 Å². The highest BCUT2D eigenvalue weighted by atomic mass is 15.0. The first kappa shape index (κ1) is 13.8. The van der Waals surface area contributed by atoms with Gasteiger partial charge in [0.05, 0.1) is 11.4 Å². The molecule has 22 heavy (non-hydrogen) atoms. The number of benzene rings is 2. The number of aliphatic imine (C=N–C) groups is 1. The van der Waals surface area contributed by atoms with Crippen molar-refractivity contribution in [1.82, 2.24) is 9.97 Å². The summed E-state index contributed by atoms with van der Waals surface area (Å²) < 4.78 is 0. The lowest BCUT2D eigenvalue weighted by molar-refractivity contribution is 1.12. The molecule has 0 bridgehead atoms. The highest BCUT2D eigenvalue weighted by Crippen LogP contribution is 2.23. The molecule has 0 saturated carbocycles. The SMILES string of the molecule is C=NC(=N)c1nc(-c2ccccc2)cc(-c2ccccc2)n1. The van der Waals surface area contributed by atoms with Crippen molar-refractivity contribution < 1.29 is 0 Å². The lowest BCUT2D eigenvalue weighted by atomic mass is 10.1. The molecule has 2 aromatic carbocycles. The molecule has 4 heteroatoms. The molecule has 1 aromatic heterocycles. The van der Waals surface area contributed by atoms with Gasteiger partial charge in [-0.1, -0.05) is 60.7 Å². The largest absolute Gasteiger partial charge is 0.280 e. The molecular weight excluding hydrogens is 272 g/mol. The van der Waals surface area contributed by atoms with Crippen molar-refractivity contribution in [1.29, 1.82) is 5.41 Å². The van der Waals surface area contributed by atoms with Crippen molar-refractivity contribution in [2.75, 3.05) is 0 Å². The molecule has 0 spiro atoms. The third-order valence-electron chi connectivity index (χ3n) is 3.24. The number of aromatic nitrogens is 2. The quantitative estimate of drug-likeness (QED) is 0.587. The van der Waals surface area contributed by atoms with Crippen molar-refractivity contribution in [3.8, 4) is 22.5 Å². The van der Waals surface area contributed by atoms with Crippen LogP contribution >= 0.6 is 0 Å². The van der Waals surface area contributed by atoms with Crippen LogP contribution in [0.1, 0.15) is 5.82 Å². The Morgan fingerprint density at radius 2 is 1.27 bits per heavy atom. The van der Waals surface area contributed by atoms with Gasteiger partial charge in [0, 0.05) is 11.1 Å². The van der Waals surface area contributed by atoms with E-state index < -0.39 is 0 Å². The van der Waals surface area contributed by atoms with Gasteiger partial charge in [0.2, 0.25) is 0 Å². The van der Waals surface area contributed by atoms with Gasteiger partial charge in [-0.05, 0) is 12.8 Å². The average molecular weight is 286 g/mol. The second kappa shape index (κ2) is 6.10. The minimum Gasteiger partial charge on any atom is -0.280 e. The van der Waals surface area contributed by atoms with Crippen LogP contribution in [0, 0.1) is 5.41 Å². The number of nitrogens with one attached hydrogen (secondary N) is 1. The maximum Gasteiger partial charge on any atom is 0.198 e. The Balaban J connectivity index is 2.19. The highest BCUT2D eigenvalue weighted by Gasteiger charge is 2.10. The number of nitrogens with zero attached hydrogens (tertiary/aromatic N) is 3. The predicted molar refractivity (Wildman–Crippen MR) is 89.3 cm³/mol. The van der Waals surface area contributed by atoms with Crippen molar-refractivity contribution >= 4 is 12.6 Å². The first-order valence-electron chi connectivity index (χ1n) is 6.83. The molecule has 3 aromatic rings.